The number of aromatic nitrogens is 3. The lowest BCUT2D eigenvalue weighted by Gasteiger charge is -2.09. The van der Waals surface area contributed by atoms with Crippen molar-refractivity contribution in [2.24, 2.45) is 0 Å². The standard InChI is InChI=1S/C18H17N3O/c1-12-4-3-5-16(20-12)18-19-8-9-21(18)15-6-7-17-14(11-15)10-13(2)22-17/h3-9,11,13H,10H2,1-2H3. The molecule has 0 radical (unpaired) electrons. The number of hydrogen-bond acceptors (Lipinski definition) is 3. The molecule has 4 heteroatoms. The number of ether oxygens (including phenoxy) is 1. The second-order valence-electron chi connectivity index (χ2n) is 5.71. The number of aryl methyl sites for hydroxylation is 1. The number of benzene rings is 1. The highest BCUT2D eigenvalue weighted by Gasteiger charge is 2.20. The molecule has 22 heavy (non-hydrogen) atoms. The molecule has 0 amide bonds. The van der Waals surface area contributed by atoms with Crippen LogP contribution in [0, 0.1) is 6.92 Å². The molecule has 4 rings (SSSR count). The Morgan fingerprint density at radius 2 is 2.14 bits per heavy atom. The first-order chi connectivity index (χ1) is 10.7. The Hall–Kier alpha value is -2.62. The van der Waals surface area contributed by atoms with Gasteiger partial charge in [-0.25, -0.2) is 9.97 Å². The minimum atomic E-state index is 0.256. The van der Waals surface area contributed by atoms with E-state index in [0.29, 0.717) is 0 Å². The molecule has 1 unspecified atom stereocenters. The Morgan fingerprint density at radius 1 is 1.23 bits per heavy atom. The molecule has 0 spiro atoms. The molecule has 0 aliphatic carbocycles. The van der Waals surface area contributed by atoms with Crippen molar-refractivity contribution in [3.8, 4) is 23.0 Å². The molecule has 1 aromatic carbocycles. The van der Waals surface area contributed by atoms with Crippen LogP contribution in [0.25, 0.3) is 17.2 Å². The number of pyridine rings is 1. The number of imidazole rings is 1. The lowest BCUT2D eigenvalue weighted by Crippen LogP contribution is -2.05. The van der Waals surface area contributed by atoms with Gasteiger partial charge in [0.15, 0.2) is 5.82 Å². The van der Waals surface area contributed by atoms with Crippen molar-refractivity contribution in [2.75, 3.05) is 0 Å². The van der Waals surface area contributed by atoms with Gasteiger partial charge in [0, 0.05) is 30.2 Å². The van der Waals surface area contributed by atoms with Crippen LogP contribution in [0.15, 0.2) is 48.8 Å². The Bertz CT molecular complexity index is 838. The van der Waals surface area contributed by atoms with Gasteiger partial charge in [0.1, 0.15) is 17.5 Å². The number of fused-ring (bicyclic) bond motifs is 1. The van der Waals surface area contributed by atoms with Gasteiger partial charge in [-0.05, 0) is 49.7 Å². The Balaban J connectivity index is 1.79. The Kier molecular flexibility index (Phi) is 2.96. The minimum absolute atomic E-state index is 0.256. The lowest BCUT2D eigenvalue weighted by atomic mass is 10.1. The third-order valence-corrected chi connectivity index (χ3v) is 3.92. The fraction of sp³-hybridized carbons (Fsp3) is 0.222. The average Bonchev–Trinajstić information content (AvgIpc) is 3.11. The zero-order valence-electron chi connectivity index (χ0n) is 12.7. The van der Waals surface area contributed by atoms with Crippen LogP contribution in [0.5, 0.6) is 5.75 Å². The van der Waals surface area contributed by atoms with Crippen LogP contribution in [0.3, 0.4) is 0 Å². The second-order valence-corrected chi connectivity index (χ2v) is 5.71. The van der Waals surface area contributed by atoms with Crippen molar-refractivity contribution < 1.29 is 4.74 Å². The molecule has 0 saturated carbocycles. The summed E-state index contributed by atoms with van der Waals surface area (Å²) in [4.78, 5) is 9.06. The van der Waals surface area contributed by atoms with Crippen LogP contribution in [0.4, 0.5) is 0 Å². The normalized spacial score (nSPS) is 16.4. The van der Waals surface area contributed by atoms with Gasteiger partial charge < -0.3 is 4.74 Å². The van der Waals surface area contributed by atoms with Gasteiger partial charge in [0.2, 0.25) is 0 Å². The lowest BCUT2D eigenvalue weighted by molar-refractivity contribution is 0.254. The molecule has 3 aromatic rings. The van der Waals surface area contributed by atoms with Crippen LogP contribution >= 0.6 is 0 Å². The van der Waals surface area contributed by atoms with E-state index < -0.39 is 0 Å². The third kappa shape index (κ3) is 2.17. The molecule has 0 saturated heterocycles. The maximum atomic E-state index is 5.77. The number of rotatable bonds is 2. The van der Waals surface area contributed by atoms with Gasteiger partial charge >= 0.3 is 0 Å². The molecule has 110 valence electrons. The minimum Gasteiger partial charge on any atom is -0.490 e. The van der Waals surface area contributed by atoms with Crippen LogP contribution in [0.1, 0.15) is 18.2 Å². The van der Waals surface area contributed by atoms with E-state index in [2.05, 4.69) is 33.6 Å². The molecule has 0 N–H and O–H groups in total. The fourth-order valence-electron chi connectivity index (χ4n) is 2.93. The van der Waals surface area contributed by atoms with Crippen molar-refractivity contribution in [1.29, 1.82) is 0 Å². The first kappa shape index (κ1) is 13.1. The van der Waals surface area contributed by atoms with E-state index in [1.807, 2.05) is 43.6 Å². The van der Waals surface area contributed by atoms with Crippen LogP contribution in [-0.4, -0.2) is 20.6 Å². The first-order valence-corrected chi connectivity index (χ1v) is 7.48. The monoisotopic (exact) mass is 291 g/mol. The molecular weight excluding hydrogens is 274 g/mol. The van der Waals surface area contributed by atoms with Crippen molar-refractivity contribution in [2.45, 2.75) is 26.4 Å². The fourth-order valence-corrected chi connectivity index (χ4v) is 2.93. The van der Waals surface area contributed by atoms with E-state index in [9.17, 15) is 0 Å². The van der Waals surface area contributed by atoms with Crippen molar-refractivity contribution in [1.82, 2.24) is 14.5 Å². The Labute approximate surface area is 129 Å². The van der Waals surface area contributed by atoms with Crippen LogP contribution in [0.2, 0.25) is 0 Å². The van der Waals surface area contributed by atoms with Gasteiger partial charge in [0.05, 0.1) is 0 Å². The quantitative estimate of drug-likeness (QED) is 0.724. The molecule has 1 aliphatic rings. The molecule has 0 bridgehead atoms. The van der Waals surface area contributed by atoms with Crippen LogP contribution in [-0.2, 0) is 6.42 Å². The molecular formula is C18H17N3O. The second kappa shape index (κ2) is 4.98. The Morgan fingerprint density at radius 3 is 3.00 bits per heavy atom. The van der Waals surface area contributed by atoms with Crippen molar-refractivity contribution in [3.63, 3.8) is 0 Å². The van der Waals surface area contributed by atoms with E-state index in [1.165, 1.54) is 5.56 Å². The van der Waals surface area contributed by atoms with Gasteiger partial charge in [0.25, 0.3) is 0 Å². The van der Waals surface area contributed by atoms with E-state index in [-0.39, 0.29) is 6.10 Å². The third-order valence-electron chi connectivity index (χ3n) is 3.92. The molecule has 0 fully saturated rings. The maximum Gasteiger partial charge on any atom is 0.163 e. The summed E-state index contributed by atoms with van der Waals surface area (Å²) < 4.78 is 7.85. The van der Waals surface area contributed by atoms with Crippen molar-refractivity contribution >= 4 is 0 Å². The molecule has 4 nitrogen and oxygen atoms in total. The van der Waals surface area contributed by atoms with Gasteiger partial charge in [-0.3, -0.25) is 4.57 Å². The van der Waals surface area contributed by atoms with Gasteiger partial charge in [-0.1, -0.05) is 6.07 Å². The first-order valence-electron chi connectivity index (χ1n) is 7.48. The van der Waals surface area contributed by atoms with E-state index >= 15 is 0 Å². The van der Waals surface area contributed by atoms with Crippen LogP contribution < -0.4 is 4.74 Å². The predicted molar refractivity (Wildman–Crippen MR) is 85.3 cm³/mol. The van der Waals surface area contributed by atoms with E-state index in [4.69, 9.17) is 4.74 Å². The summed E-state index contributed by atoms with van der Waals surface area (Å²) in [6.07, 6.45) is 4.99. The highest BCUT2D eigenvalue weighted by atomic mass is 16.5. The zero-order chi connectivity index (χ0) is 15.1. The SMILES string of the molecule is Cc1cccc(-c2nccn2-c2ccc3c(c2)CC(C)O3)n1. The number of hydrogen-bond donors (Lipinski definition) is 0. The summed E-state index contributed by atoms with van der Waals surface area (Å²) in [6.45, 7) is 4.09. The zero-order valence-corrected chi connectivity index (χ0v) is 12.7. The smallest absolute Gasteiger partial charge is 0.163 e. The molecule has 1 aliphatic heterocycles. The summed E-state index contributed by atoms with van der Waals surface area (Å²) >= 11 is 0. The average molecular weight is 291 g/mol. The van der Waals surface area contributed by atoms with Gasteiger partial charge in [-0.2, -0.15) is 0 Å². The summed E-state index contributed by atoms with van der Waals surface area (Å²) in [5, 5.41) is 0. The summed E-state index contributed by atoms with van der Waals surface area (Å²) in [7, 11) is 0. The largest absolute Gasteiger partial charge is 0.490 e. The van der Waals surface area contributed by atoms with E-state index in [1.54, 1.807) is 0 Å². The maximum absolute atomic E-state index is 5.77. The van der Waals surface area contributed by atoms with Crippen molar-refractivity contribution in [3.05, 3.63) is 60.0 Å². The molecule has 2 aromatic heterocycles. The summed E-state index contributed by atoms with van der Waals surface area (Å²) in [5.74, 6) is 1.85. The van der Waals surface area contributed by atoms with Gasteiger partial charge in [-0.15, -0.1) is 0 Å². The molecule has 1 atom stereocenters. The predicted octanol–water partition coefficient (Wildman–Crippen LogP) is 3.57. The number of nitrogens with zero attached hydrogens (tertiary/aromatic N) is 3. The highest BCUT2D eigenvalue weighted by molar-refractivity contribution is 5.56. The summed E-state index contributed by atoms with van der Waals surface area (Å²) in [5.41, 5.74) is 4.22. The van der Waals surface area contributed by atoms with E-state index in [0.717, 1.165) is 35.1 Å². The summed E-state index contributed by atoms with van der Waals surface area (Å²) in [6, 6.07) is 12.3. The highest BCUT2D eigenvalue weighted by Crippen LogP contribution is 2.31. The topological polar surface area (TPSA) is 39.9 Å². The molecule has 3 heterocycles.